The molecule has 250 valence electrons. The third kappa shape index (κ3) is 11.2. The van der Waals surface area contributed by atoms with Crippen LogP contribution in [0.1, 0.15) is 109 Å². The number of aryl methyl sites for hydroxylation is 1. The third-order valence-electron chi connectivity index (χ3n) is 8.56. The predicted molar refractivity (Wildman–Crippen MR) is 180 cm³/mol. The molecule has 0 saturated carbocycles. The normalized spacial score (nSPS) is 18.1. The van der Waals surface area contributed by atoms with Crippen molar-refractivity contribution in [3.05, 3.63) is 41.0 Å². The summed E-state index contributed by atoms with van der Waals surface area (Å²) in [5, 5.41) is 16.5. The molecule has 2 aromatic rings. The summed E-state index contributed by atoms with van der Waals surface area (Å²) in [7, 11) is 1.73. The van der Waals surface area contributed by atoms with Gasteiger partial charge in [0.15, 0.2) is 0 Å². The zero-order valence-electron chi connectivity index (χ0n) is 28.1. The molecule has 0 aliphatic carbocycles. The summed E-state index contributed by atoms with van der Waals surface area (Å²) in [5.41, 5.74) is 4.25. The summed E-state index contributed by atoms with van der Waals surface area (Å²) in [5.74, 6) is -0.806. The molecule has 4 atom stereocenters. The highest BCUT2D eigenvalue weighted by atomic mass is 32.1. The van der Waals surface area contributed by atoms with Crippen LogP contribution in [0.2, 0.25) is 0 Å². The van der Waals surface area contributed by atoms with Gasteiger partial charge in [0, 0.05) is 33.1 Å². The number of benzene rings is 1. The lowest BCUT2D eigenvalue weighted by Gasteiger charge is -2.35. The first-order valence-electron chi connectivity index (χ1n) is 16.5. The Hall–Kier alpha value is -2.82. The number of aliphatic hydroxyl groups excluding tert-OH is 1. The molecule has 3 amide bonds. The molecule has 0 bridgehead atoms. The molecule has 10 heteroatoms. The number of carbonyl (C=O) groups excluding carboxylic acids is 3. The Morgan fingerprint density at radius 1 is 1.02 bits per heavy atom. The van der Waals surface area contributed by atoms with Gasteiger partial charge in [-0.3, -0.25) is 14.4 Å². The summed E-state index contributed by atoms with van der Waals surface area (Å²) < 4.78 is 5.09. The largest absolute Gasteiger partial charge is 0.391 e. The van der Waals surface area contributed by atoms with Crippen molar-refractivity contribution in [3.8, 4) is 10.4 Å². The summed E-state index contributed by atoms with van der Waals surface area (Å²) in [4.78, 5) is 47.2. The number of methoxy groups -OCH3 is 1. The van der Waals surface area contributed by atoms with Gasteiger partial charge in [0.2, 0.25) is 17.7 Å². The van der Waals surface area contributed by atoms with Crippen LogP contribution in [0, 0.1) is 12.3 Å². The number of amides is 3. The van der Waals surface area contributed by atoms with Crippen LogP contribution in [0.5, 0.6) is 0 Å². The van der Waals surface area contributed by atoms with E-state index in [0.29, 0.717) is 6.42 Å². The van der Waals surface area contributed by atoms with E-state index in [9.17, 15) is 19.5 Å². The molecular formula is C35H54N4O5S. The van der Waals surface area contributed by atoms with Gasteiger partial charge >= 0.3 is 0 Å². The van der Waals surface area contributed by atoms with Crippen molar-refractivity contribution in [2.45, 2.75) is 123 Å². The SMILES string of the molecule is COCCCCCCCCCCC(=O)N[C@H](C(=O)N1C[C@H](O)C[C@H]1C(=O)N[C@@H](C)c1ccc(-c2scnc2C)cc1)C(C)(C)C. The Morgan fingerprint density at radius 2 is 1.64 bits per heavy atom. The molecule has 3 rings (SSSR count). The van der Waals surface area contributed by atoms with Gasteiger partial charge in [0.1, 0.15) is 12.1 Å². The van der Waals surface area contributed by atoms with Crippen molar-refractivity contribution < 1.29 is 24.2 Å². The maximum absolute atomic E-state index is 13.9. The minimum Gasteiger partial charge on any atom is -0.391 e. The first-order chi connectivity index (χ1) is 21.4. The number of unbranched alkanes of at least 4 members (excludes halogenated alkanes) is 7. The average Bonchev–Trinajstić information content (AvgIpc) is 3.61. The third-order valence-corrected chi connectivity index (χ3v) is 9.54. The fourth-order valence-corrected chi connectivity index (χ4v) is 6.65. The Balaban J connectivity index is 1.53. The maximum Gasteiger partial charge on any atom is 0.246 e. The molecule has 0 radical (unpaired) electrons. The monoisotopic (exact) mass is 642 g/mol. The van der Waals surface area contributed by atoms with E-state index in [1.165, 1.54) is 24.2 Å². The number of hydrogen-bond acceptors (Lipinski definition) is 7. The van der Waals surface area contributed by atoms with Gasteiger partial charge in [-0.25, -0.2) is 4.98 Å². The van der Waals surface area contributed by atoms with Gasteiger partial charge in [-0.15, -0.1) is 11.3 Å². The molecule has 1 aliphatic rings. The Labute approximate surface area is 273 Å². The van der Waals surface area contributed by atoms with Crippen molar-refractivity contribution in [1.82, 2.24) is 20.5 Å². The first-order valence-corrected chi connectivity index (χ1v) is 17.4. The molecule has 1 saturated heterocycles. The molecular weight excluding hydrogens is 588 g/mol. The van der Waals surface area contributed by atoms with Crippen LogP contribution in [-0.4, -0.2) is 71.2 Å². The molecule has 2 heterocycles. The molecule has 3 N–H and O–H groups in total. The maximum atomic E-state index is 13.9. The molecule has 0 unspecified atom stereocenters. The van der Waals surface area contributed by atoms with E-state index in [0.717, 1.165) is 60.4 Å². The van der Waals surface area contributed by atoms with Crippen molar-refractivity contribution in [2.24, 2.45) is 5.41 Å². The topological polar surface area (TPSA) is 121 Å². The van der Waals surface area contributed by atoms with E-state index < -0.39 is 23.6 Å². The zero-order valence-corrected chi connectivity index (χ0v) is 28.9. The van der Waals surface area contributed by atoms with Crippen LogP contribution in [0.25, 0.3) is 10.4 Å². The van der Waals surface area contributed by atoms with Crippen molar-refractivity contribution in [1.29, 1.82) is 0 Å². The summed E-state index contributed by atoms with van der Waals surface area (Å²) in [6.45, 7) is 10.5. The number of hydrogen-bond donors (Lipinski definition) is 3. The van der Waals surface area contributed by atoms with Gasteiger partial charge in [0.05, 0.1) is 28.2 Å². The fourth-order valence-electron chi connectivity index (χ4n) is 5.84. The highest BCUT2D eigenvalue weighted by molar-refractivity contribution is 7.13. The highest BCUT2D eigenvalue weighted by Gasteiger charge is 2.44. The number of ether oxygens (including phenoxy) is 1. The smallest absolute Gasteiger partial charge is 0.246 e. The number of rotatable bonds is 17. The number of likely N-dealkylation sites (tertiary alicyclic amines) is 1. The summed E-state index contributed by atoms with van der Waals surface area (Å²) >= 11 is 1.59. The fraction of sp³-hybridized carbons (Fsp3) is 0.657. The molecule has 1 aliphatic heterocycles. The molecule has 45 heavy (non-hydrogen) atoms. The number of thiazole rings is 1. The van der Waals surface area contributed by atoms with E-state index in [-0.39, 0.29) is 36.7 Å². The van der Waals surface area contributed by atoms with E-state index in [2.05, 4.69) is 15.6 Å². The number of nitrogens with zero attached hydrogens (tertiary/aromatic N) is 2. The molecule has 1 aromatic heterocycles. The van der Waals surface area contributed by atoms with Gasteiger partial charge in [-0.1, -0.05) is 83.6 Å². The summed E-state index contributed by atoms with van der Waals surface area (Å²) in [6.07, 6.45) is 8.43. The van der Waals surface area contributed by atoms with Gasteiger partial charge in [-0.2, -0.15) is 0 Å². The molecule has 1 fully saturated rings. The minimum atomic E-state index is -0.815. The predicted octanol–water partition coefficient (Wildman–Crippen LogP) is 5.95. The number of aliphatic hydroxyl groups is 1. The second-order valence-corrected chi connectivity index (χ2v) is 14.3. The van der Waals surface area contributed by atoms with Crippen molar-refractivity contribution in [2.75, 3.05) is 20.3 Å². The van der Waals surface area contributed by atoms with Crippen LogP contribution in [0.15, 0.2) is 29.8 Å². The summed E-state index contributed by atoms with van der Waals surface area (Å²) in [6, 6.07) is 6.11. The van der Waals surface area contributed by atoms with Crippen LogP contribution in [0.3, 0.4) is 0 Å². The lowest BCUT2D eigenvalue weighted by atomic mass is 9.85. The second-order valence-electron chi connectivity index (χ2n) is 13.5. The molecule has 0 spiro atoms. The van der Waals surface area contributed by atoms with Crippen LogP contribution in [0.4, 0.5) is 0 Å². The number of nitrogens with one attached hydrogen (secondary N) is 2. The minimum absolute atomic E-state index is 0.0577. The van der Waals surface area contributed by atoms with Crippen LogP contribution in [-0.2, 0) is 19.1 Å². The lowest BCUT2D eigenvalue weighted by Crippen LogP contribution is -2.57. The standard InChI is InChI=1S/C35H54N4O5S/c1-24(26-16-18-27(19-17-26)31-25(2)36-23-45-31)37-33(42)29-21-28(40)22-39(29)34(43)32(35(3,4)5)38-30(41)15-13-11-9-7-8-10-12-14-20-44-6/h16-19,23-24,28-29,32,40H,7-15,20-22H2,1-6H3,(H,37,42)(H,38,41)/t24-,28+,29-,32+/m0/s1. The molecule has 1 aromatic carbocycles. The quantitative estimate of drug-likeness (QED) is 0.184. The van der Waals surface area contributed by atoms with Crippen LogP contribution < -0.4 is 10.6 Å². The van der Waals surface area contributed by atoms with E-state index in [1.54, 1.807) is 18.4 Å². The lowest BCUT2D eigenvalue weighted by molar-refractivity contribution is -0.144. The zero-order chi connectivity index (χ0) is 33.0. The van der Waals surface area contributed by atoms with E-state index in [1.807, 2.05) is 64.4 Å². The first kappa shape index (κ1) is 36.6. The number of aromatic nitrogens is 1. The van der Waals surface area contributed by atoms with E-state index >= 15 is 0 Å². The highest BCUT2D eigenvalue weighted by Crippen LogP contribution is 2.29. The second kappa shape index (κ2) is 17.8. The average molecular weight is 643 g/mol. The Kier molecular flexibility index (Phi) is 14.5. The Bertz CT molecular complexity index is 1230. The van der Waals surface area contributed by atoms with E-state index in [4.69, 9.17) is 4.74 Å². The number of carbonyl (C=O) groups is 3. The van der Waals surface area contributed by atoms with Crippen molar-refractivity contribution in [3.63, 3.8) is 0 Å². The Morgan fingerprint density at radius 3 is 2.22 bits per heavy atom. The van der Waals surface area contributed by atoms with Crippen LogP contribution >= 0.6 is 11.3 Å². The molecule has 9 nitrogen and oxygen atoms in total. The van der Waals surface area contributed by atoms with Gasteiger partial charge in [0.25, 0.3) is 0 Å². The number of β-amino-alcohol motifs (C(OH)–C–C–N with tert-alkyl or cyclic N) is 1. The van der Waals surface area contributed by atoms with Gasteiger partial charge in [-0.05, 0) is 43.2 Å². The van der Waals surface area contributed by atoms with Gasteiger partial charge < -0.3 is 25.4 Å². The van der Waals surface area contributed by atoms with Crippen molar-refractivity contribution >= 4 is 29.1 Å².